The summed E-state index contributed by atoms with van der Waals surface area (Å²) in [6, 6.07) is 5.88. The maximum Gasteiger partial charge on any atom is 0.210 e. The zero-order valence-corrected chi connectivity index (χ0v) is 17.0. The van der Waals surface area contributed by atoms with Gasteiger partial charge in [-0.15, -0.1) is 0 Å². The van der Waals surface area contributed by atoms with Crippen LogP contribution in [-0.2, 0) is 16.4 Å². The summed E-state index contributed by atoms with van der Waals surface area (Å²) >= 11 is 0. The summed E-state index contributed by atoms with van der Waals surface area (Å²) in [5.41, 5.74) is 1.95. The van der Waals surface area contributed by atoms with Gasteiger partial charge in [-0.25, -0.2) is 22.7 Å². The Kier molecular flexibility index (Phi) is 6.06. The molecular weight excluding hydrogens is 362 g/mol. The zero-order valence-electron chi connectivity index (χ0n) is 16.2. The number of piperidine rings is 1. The van der Waals surface area contributed by atoms with E-state index in [1.54, 1.807) is 19.4 Å². The van der Waals surface area contributed by atoms with E-state index in [-0.39, 0.29) is 0 Å². The van der Waals surface area contributed by atoms with Crippen molar-refractivity contribution in [3.63, 3.8) is 0 Å². The Bertz CT molecular complexity index is 873. The zero-order chi connectivity index (χ0) is 19.4. The van der Waals surface area contributed by atoms with Crippen LogP contribution in [0.2, 0.25) is 0 Å². The van der Waals surface area contributed by atoms with Crippen molar-refractivity contribution in [2.45, 2.75) is 26.2 Å². The molecule has 0 spiro atoms. The van der Waals surface area contributed by atoms with E-state index in [2.05, 4.69) is 21.8 Å². The second-order valence-corrected chi connectivity index (χ2v) is 9.22. The number of anilines is 1. The summed E-state index contributed by atoms with van der Waals surface area (Å²) in [5.74, 6) is 1.92. The van der Waals surface area contributed by atoms with Crippen molar-refractivity contribution < 1.29 is 8.42 Å². The second-order valence-electron chi connectivity index (χ2n) is 7.13. The maximum atomic E-state index is 11.7. The molecule has 2 aromatic heterocycles. The van der Waals surface area contributed by atoms with E-state index < -0.39 is 10.0 Å². The summed E-state index contributed by atoms with van der Waals surface area (Å²) < 4.78 is 24.9. The maximum absolute atomic E-state index is 11.7. The quantitative estimate of drug-likeness (QED) is 0.754. The summed E-state index contributed by atoms with van der Waals surface area (Å²) in [6.07, 6.45) is 7.63. The fourth-order valence-corrected chi connectivity index (χ4v) is 3.86. The van der Waals surface area contributed by atoms with E-state index in [0.717, 1.165) is 49.4 Å². The van der Waals surface area contributed by atoms with Gasteiger partial charge in [0.1, 0.15) is 5.82 Å². The minimum absolute atomic E-state index is 0.294. The molecule has 8 heteroatoms. The van der Waals surface area contributed by atoms with Gasteiger partial charge in [0.25, 0.3) is 0 Å². The first-order valence-electron chi connectivity index (χ1n) is 9.31. The van der Waals surface area contributed by atoms with Gasteiger partial charge in [0.15, 0.2) is 5.82 Å². The second kappa shape index (κ2) is 8.31. The van der Waals surface area contributed by atoms with Crippen molar-refractivity contribution in [3.05, 3.63) is 36.3 Å². The smallest absolute Gasteiger partial charge is 0.210 e. The molecule has 146 valence electrons. The van der Waals surface area contributed by atoms with Gasteiger partial charge in [-0.05, 0) is 37.3 Å². The number of pyridine rings is 1. The lowest BCUT2D eigenvalue weighted by Gasteiger charge is -2.35. The minimum atomic E-state index is -3.15. The van der Waals surface area contributed by atoms with Crippen molar-refractivity contribution >= 4 is 15.8 Å². The summed E-state index contributed by atoms with van der Waals surface area (Å²) in [7, 11) is -1.51. The predicted molar refractivity (Wildman–Crippen MR) is 107 cm³/mol. The molecular formula is C19H27N5O2S. The Hall–Kier alpha value is -2.06. The molecule has 1 aliphatic rings. The number of aryl methyl sites for hydroxylation is 1. The van der Waals surface area contributed by atoms with Crippen molar-refractivity contribution in [3.8, 4) is 11.4 Å². The molecule has 1 fully saturated rings. The standard InChI is InChI=1S/C19H27N5O2S/c1-4-17-12-18(22-19(21-17)16-7-9-20-10-8-16)24-11-5-6-15(14-24)13-23(2)27(3,25)26/h7-10,12,15H,4-6,11,13-14H2,1-3H3. The lowest BCUT2D eigenvalue weighted by atomic mass is 9.98. The molecule has 0 amide bonds. The van der Waals surface area contributed by atoms with E-state index in [1.165, 1.54) is 10.6 Å². The first-order valence-corrected chi connectivity index (χ1v) is 11.2. The van der Waals surface area contributed by atoms with Gasteiger partial charge in [0.05, 0.1) is 6.26 Å². The highest BCUT2D eigenvalue weighted by molar-refractivity contribution is 7.88. The molecule has 1 atom stereocenters. The van der Waals surface area contributed by atoms with Gasteiger partial charge in [-0.3, -0.25) is 4.98 Å². The first kappa shape index (κ1) is 19.7. The molecule has 0 radical (unpaired) electrons. The fourth-order valence-electron chi connectivity index (χ4n) is 3.38. The van der Waals surface area contributed by atoms with Crippen molar-refractivity contribution in [1.29, 1.82) is 0 Å². The molecule has 0 bridgehead atoms. The Morgan fingerprint density at radius 1 is 1.26 bits per heavy atom. The minimum Gasteiger partial charge on any atom is -0.356 e. The third-order valence-corrected chi connectivity index (χ3v) is 6.27. The highest BCUT2D eigenvalue weighted by atomic mass is 32.2. The van der Waals surface area contributed by atoms with Gasteiger partial charge in [-0.2, -0.15) is 0 Å². The first-order chi connectivity index (χ1) is 12.9. The van der Waals surface area contributed by atoms with Crippen LogP contribution in [0.4, 0.5) is 5.82 Å². The van der Waals surface area contributed by atoms with Gasteiger partial charge in [0.2, 0.25) is 10.0 Å². The van der Waals surface area contributed by atoms with Crippen molar-refractivity contribution in [2.75, 3.05) is 37.8 Å². The molecule has 0 aromatic carbocycles. The molecule has 0 N–H and O–H groups in total. The summed E-state index contributed by atoms with van der Waals surface area (Å²) in [5, 5.41) is 0. The van der Waals surface area contributed by atoms with Gasteiger partial charge in [0, 0.05) is 56.4 Å². The fraction of sp³-hybridized carbons (Fsp3) is 0.526. The van der Waals surface area contributed by atoms with Gasteiger partial charge in [-0.1, -0.05) is 6.92 Å². The SMILES string of the molecule is CCc1cc(N2CCCC(CN(C)S(C)(=O)=O)C2)nc(-c2ccncc2)n1. The molecule has 3 heterocycles. The molecule has 1 aliphatic heterocycles. The monoisotopic (exact) mass is 389 g/mol. The highest BCUT2D eigenvalue weighted by Crippen LogP contribution is 2.25. The number of hydrogen-bond acceptors (Lipinski definition) is 6. The lowest BCUT2D eigenvalue weighted by Crippen LogP contribution is -2.41. The van der Waals surface area contributed by atoms with Crippen LogP contribution in [0.15, 0.2) is 30.6 Å². The van der Waals surface area contributed by atoms with E-state index in [0.29, 0.717) is 18.3 Å². The van der Waals surface area contributed by atoms with Crippen LogP contribution in [0.3, 0.4) is 0 Å². The van der Waals surface area contributed by atoms with E-state index in [4.69, 9.17) is 4.98 Å². The number of rotatable bonds is 6. The van der Waals surface area contributed by atoms with Crippen LogP contribution < -0.4 is 4.90 Å². The molecule has 27 heavy (non-hydrogen) atoms. The van der Waals surface area contributed by atoms with Crippen molar-refractivity contribution in [1.82, 2.24) is 19.3 Å². The molecule has 0 saturated carbocycles. The van der Waals surface area contributed by atoms with Gasteiger partial charge >= 0.3 is 0 Å². The van der Waals surface area contributed by atoms with Crippen LogP contribution in [0, 0.1) is 5.92 Å². The van der Waals surface area contributed by atoms with Crippen LogP contribution in [0.5, 0.6) is 0 Å². The molecule has 0 aliphatic carbocycles. The largest absolute Gasteiger partial charge is 0.356 e. The van der Waals surface area contributed by atoms with E-state index >= 15 is 0 Å². The topological polar surface area (TPSA) is 79.3 Å². The summed E-state index contributed by atoms with van der Waals surface area (Å²) in [6.45, 7) is 4.35. The third kappa shape index (κ3) is 5.01. The number of aromatic nitrogens is 3. The highest BCUT2D eigenvalue weighted by Gasteiger charge is 2.25. The van der Waals surface area contributed by atoms with Crippen LogP contribution in [0.1, 0.15) is 25.5 Å². The van der Waals surface area contributed by atoms with Crippen LogP contribution in [0.25, 0.3) is 11.4 Å². The van der Waals surface area contributed by atoms with E-state index in [1.807, 2.05) is 18.2 Å². The van der Waals surface area contributed by atoms with Gasteiger partial charge < -0.3 is 4.90 Å². The Labute approximate surface area is 161 Å². The molecule has 1 saturated heterocycles. The van der Waals surface area contributed by atoms with Crippen molar-refractivity contribution in [2.24, 2.45) is 5.92 Å². The van der Waals surface area contributed by atoms with E-state index in [9.17, 15) is 8.42 Å². The van der Waals surface area contributed by atoms with Crippen LogP contribution >= 0.6 is 0 Å². The summed E-state index contributed by atoms with van der Waals surface area (Å²) in [4.78, 5) is 15.8. The number of nitrogens with zero attached hydrogens (tertiary/aromatic N) is 5. The number of hydrogen-bond donors (Lipinski definition) is 0. The van der Waals surface area contributed by atoms with Crippen LogP contribution in [-0.4, -0.2) is 60.6 Å². The number of sulfonamides is 1. The molecule has 3 rings (SSSR count). The molecule has 7 nitrogen and oxygen atoms in total. The normalized spacial score (nSPS) is 18.1. The predicted octanol–water partition coefficient (Wildman–Crippen LogP) is 2.21. The molecule has 2 aromatic rings. The molecule has 1 unspecified atom stereocenters. The average molecular weight is 390 g/mol. The average Bonchev–Trinajstić information content (AvgIpc) is 2.67. The Morgan fingerprint density at radius 2 is 2.00 bits per heavy atom. The Morgan fingerprint density at radius 3 is 2.67 bits per heavy atom. The lowest BCUT2D eigenvalue weighted by molar-refractivity contribution is 0.336. The Balaban J connectivity index is 1.82. The third-order valence-electron chi connectivity index (χ3n) is 4.99.